The number of fused-ring (bicyclic) bond motifs is 2. The van der Waals surface area contributed by atoms with Crippen molar-refractivity contribution in [3.8, 4) is 11.5 Å². The van der Waals surface area contributed by atoms with E-state index in [1.165, 1.54) is 0 Å². The fraction of sp³-hybridized carbons (Fsp3) is 0.435. The summed E-state index contributed by atoms with van der Waals surface area (Å²) in [7, 11) is 0. The topological polar surface area (TPSA) is 95.6 Å². The van der Waals surface area contributed by atoms with Crippen LogP contribution < -0.4 is 5.43 Å². The Morgan fingerprint density at radius 1 is 0.710 bits per heavy atom. The maximum Gasteiger partial charge on any atom is 0.200 e. The van der Waals surface area contributed by atoms with E-state index in [0.29, 0.717) is 72.6 Å². The van der Waals surface area contributed by atoms with Crippen LogP contribution in [0.1, 0.15) is 11.1 Å². The van der Waals surface area contributed by atoms with Crippen LogP contribution in [0.15, 0.2) is 33.5 Å². The summed E-state index contributed by atoms with van der Waals surface area (Å²) in [5.74, 6) is 0.188. The van der Waals surface area contributed by atoms with E-state index >= 15 is 0 Å². The second kappa shape index (κ2) is 8.47. The first kappa shape index (κ1) is 20.3. The molecule has 5 rings (SSSR count). The van der Waals surface area contributed by atoms with Gasteiger partial charge < -0.3 is 24.1 Å². The van der Waals surface area contributed by atoms with Crippen molar-refractivity contribution in [3.05, 3.63) is 45.6 Å². The minimum atomic E-state index is -0.164. The van der Waals surface area contributed by atoms with Crippen molar-refractivity contribution in [2.45, 2.75) is 13.1 Å². The van der Waals surface area contributed by atoms with Gasteiger partial charge in [0.2, 0.25) is 5.43 Å². The van der Waals surface area contributed by atoms with E-state index in [4.69, 9.17) is 13.9 Å². The van der Waals surface area contributed by atoms with Crippen LogP contribution in [0.5, 0.6) is 11.5 Å². The SMILES string of the molecule is O=c1c2ccc(O)c(CN3CCOCC3)c2oc2c(CN3CCOCC3)c(O)ccc12. The molecule has 31 heavy (non-hydrogen) atoms. The van der Waals surface area contributed by atoms with Crippen LogP contribution in [0.25, 0.3) is 21.9 Å². The highest BCUT2D eigenvalue weighted by Gasteiger charge is 2.22. The van der Waals surface area contributed by atoms with E-state index in [1.807, 2.05) is 0 Å². The Bertz CT molecular complexity index is 1080. The average Bonchev–Trinajstić information content (AvgIpc) is 2.79. The lowest BCUT2D eigenvalue weighted by molar-refractivity contribution is 0.0338. The van der Waals surface area contributed by atoms with Gasteiger partial charge in [0.05, 0.1) is 48.3 Å². The van der Waals surface area contributed by atoms with Gasteiger partial charge in [-0.25, -0.2) is 0 Å². The lowest BCUT2D eigenvalue weighted by Gasteiger charge is -2.27. The van der Waals surface area contributed by atoms with Crippen molar-refractivity contribution < 1.29 is 24.1 Å². The Morgan fingerprint density at radius 2 is 1.13 bits per heavy atom. The van der Waals surface area contributed by atoms with Gasteiger partial charge in [0.1, 0.15) is 22.7 Å². The molecule has 2 fully saturated rings. The predicted octanol–water partition coefficient (Wildman–Crippen LogP) is 2.02. The number of phenolic OH excluding ortho intramolecular Hbond substituents is 2. The second-order valence-electron chi connectivity index (χ2n) is 8.09. The van der Waals surface area contributed by atoms with E-state index in [9.17, 15) is 15.0 Å². The van der Waals surface area contributed by atoms with Gasteiger partial charge in [-0.2, -0.15) is 0 Å². The van der Waals surface area contributed by atoms with Gasteiger partial charge in [-0.3, -0.25) is 14.6 Å². The van der Waals surface area contributed by atoms with Gasteiger partial charge in [-0.05, 0) is 24.3 Å². The summed E-state index contributed by atoms with van der Waals surface area (Å²) in [5, 5.41) is 22.0. The smallest absolute Gasteiger partial charge is 0.200 e. The molecule has 2 aromatic carbocycles. The van der Waals surface area contributed by atoms with E-state index < -0.39 is 0 Å². The zero-order valence-electron chi connectivity index (χ0n) is 17.3. The van der Waals surface area contributed by atoms with Crippen molar-refractivity contribution in [2.24, 2.45) is 0 Å². The lowest BCUT2D eigenvalue weighted by atomic mass is 10.0. The van der Waals surface area contributed by atoms with E-state index in [0.717, 1.165) is 26.2 Å². The Labute approximate surface area is 179 Å². The Balaban J connectivity index is 1.66. The van der Waals surface area contributed by atoms with Crippen LogP contribution in [0, 0.1) is 0 Å². The number of phenols is 2. The van der Waals surface area contributed by atoms with Crippen molar-refractivity contribution in [1.29, 1.82) is 0 Å². The maximum atomic E-state index is 13.3. The summed E-state index contributed by atoms with van der Waals surface area (Å²) in [6.45, 7) is 6.44. The summed E-state index contributed by atoms with van der Waals surface area (Å²) in [6.07, 6.45) is 0. The number of hydrogen-bond donors (Lipinski definition) is 2. The molecule has 0 aliphatic carbocycles. The normalized spacial score (nSPS) is 18.7. The molecule has 2 aliphatic rings. The number of nitrogens with zero attached hydrogens (tertiary/aromatic N) is 2. The maximum absolute atomic E-state index is 13.3. The van der Waals surface area contributed by atoms with Crippen molar-refractivity contribution >= 4 is 21.9 Å². The van der Waals surface area contributed by atoms with Gasteiger partial charge in [-0.15, -0.1) is 0 Å². The van der Waals surface area contributed by atoms with Gasteiger partial charge >= 0.3 is 0 Å². The van der Waals surface area contributed by atoms with Gasteiger partial charge in [0.15, 0.2) is 0 Å². The number of morpholine rings is 2. The number of benzene rings is 2. The largest absolute Gasteiger partial charge is 0.507 e. The third-order valence-electron chi connectivity index (χ3n) is 6.14. The fourth-order valence-corrected chi connectivity index (χ4v) is 4.34. The molecule has 8 nitrogen and oxygen atoms in total. The molecule has 1 aromatic heterocycles. The van der Waals surface area contributed by atoms with E-state index in [-0.39, 0.29) is 16.9 Å². The first-order valence-corrected chi connectivity index (χ1v) is 10.6. The summed E-state index contributed by atoms with van der Waals surface area (Å²) < 4.78 is 17.1. The Hall–Kier alpha value is -2.65. The number of ether oxygens (including phenoxy) is 2. The zero-order valence-corrected chi connectivity index (χ0v) is 17.3. The summed E-state index contributed by atoms with van der Waals surface area (Å²) in [4.78, 5) is 17.6. The fourth-order valence-electron chi connectivity index (χ4n) is 4.34. The molecule has 0 atom stereocenters. The zero-order chi connectivity index (χ0) is 21.4. The molecular weight excluding hydrogens is 400 g/mol. The molecule has 3 heterocycles. The molecule has 0 bridgehead atoms. The van der Waals surface area contributed by atoms with Crippen LogP contribution in [0.3, 0.4) is 0 Å². The third kappa shape index (κ3) is 3.87. The van der Waals surface area contributed by atoms with Crippen molar-refractivity contribution in [3.63, 3.8) is 0 Å². The highest BCUT2D eigenvalue weighted by atomic mass is 16.5. The van der Waals surface area contributed by atoms with Crippen LogP contribution in [0.4, 0.5) is 0 Å². The minimum absolute atomic E-state index is 0.0939. The molecule has 0 spiro atoms. The first-order valence-electron chi connectivity index (χ1n) is 10.6. The van der Waals surface area contributed by atoms with Crippen LogP contribution >= 0.6 is 0 Å². The Morgan fingerprint density at radius 3 is 1.55 bits per heavy atom. The predicted molar refractivity (Wildman–Crippen MR) is 116 cm³/mol. The molecule has 2 saturated heterocycles. The quantitative estimate of drug-likeness (QED) is 0.612. The molecule has 2 aliphatic heterocycles. The number of hydrogen-bond acceptors (Lipinski definition) is 8. The molecule has 3 aromatic rings. The van der Waals surface area contributed by atoms with Crippen molar-refractivity contribution in [1.82, 2.24) is 9.80 Å². The standard InChI is InChI=1S/C23H26N2O6/c26-19-3-1-15-21(28)16-2-4-20(27)18(14-25-7-11-30-12-8-25)23(16)31-22(15)17(19)13-24-5-9-29-10-6-24/h1-4,26-27H,5-14H2. The minimum Gasteiger partial charge on any atom is -0.507 e. The van der Waals surface area contributed by atoms with Gasteiger partial charge in [-0.1, -0.05) is 0 Å². The van der Waals surface area contributed by atoms with Crippen molar-refractivity contribution in [2.75, 3.05) is 52.6 Å². The highest BCUT2D eigenvalue weighted by molar-refractivity contribution is 5.94. The molecule has 164 valence electrons. The molecule has 0 radical (unpaired) electrons. The highest BCUT2D eigenvalue weighted by Crippen LogP contribution is 2.33. The summed E-state index contributed by atoms with van der Waals surface area (Å²) >= 11 is 0. The average molecular weight is 426 g/mol. The molecule has 0 unspecified atom stereocenters. The molecular formula is C23H26N2O6. The molecule has 8 heteroatoms. The third-order valence-corrected chi connectivity index (χ3v) is 6.14. The number of aromatic hydroxyl groups is 2. The summed E-state index contributed by atoms with van der Waals surface area (Å²) in [5.41, 5.74) is 1.75. The summed E-state index contributed by atoms with van der Waals surface area (Å²) in [6, 6.07) is 6.31. The first-order chi connectivity index (χ1) is 15.1. The lowest BCUT2D eigenvalue weighted by Crippen LogP contribution is -2.35. The van der Waals surface area contributed by atoms with Crippen LogP contribution in [0.2, 0.25) is 0 Å². The molecule has 0 saturated carbocycles. The molecule has 0 amide bonds. The van der Waals surface area contributed by atoms with Gasteiger partial charge in [0.25, 0.3) is 0 Å². The van der Waals surface area contributed by atoms with E-state index in [2.05, 4.69) is 9.80 Å². The van der Waals surface area contributed by atoms with Crippen LogP contribution in [-0.2, 0) is 22.6 Å². The Kier molecular flexibility index (Phi) is 5.54. The van der Waals surface area contributed by atoms with E-state index in [1.54, 1.807) is 24.3 Å². The monoisotopic (exact) mass is 426 g/mol. The molecule has 2 N–H and O–H groups in total. The van der Waals surface area contributed by atoms with Crippen LogP contribution in [-0.4, -0.2) is 72.6 Å². The second-order valence-corrected chi connectivity index (χ2v) is 8.09. The van der Waals surface area contributed by atoms with Gasteiger partial charge in [0, 0.05) is 39.3 Å². The number of rotatable bonds is 4.